The standard InChI is InChI=1S/C13H23N3/c1-9(2)11(4)16(5)13-6-10(3)15-8-12(13)7-14/h6,8-9,11H,7,14H2,1-5H3. The van der Waals surface area contributed by atoms with Gasteiger partial charge in [0.1, 0.15) is 0 Å². The highest BCUT2D eigenvalue weighted by atomic mass is 15.1. The number of hydrogen-bond donors (Lipinski definition) is 1. The van der Waals surface area contributed by atoms with Crippen LogP contribution in [-0.4, -0.2) is 18.1 Å². The van der Waals surface area contributed by atoms with Crippen molar-refractivity contribution >= 4 is 5.69 Å². The van der Waals surface area contributed by atoms with Crippen LogP contribution in [0.2, 0.25) is 0 Å². The van der Waals surface area contributed by atoms with Crippen LogP contribution >= 0.6 is 0 Å². The van der Waals surface area contributed by atoms with Crippen molar-refractivity contribution in [2.45, 2.75) is 40.3 Å². The summed E-state index contributed by atoms with van der Waals surface area (Å²) in [5.74, 6) is 0.615. The largest absolute Gasteiger partial charge is 0.371 e. The van der Waals surface area contributed by atoms with Crippen LogP contribution in [0.4, 0.5) is 5.69 Å². The number of nitrogens with zero attached hydrogens (tertiary/aromatic N) is 2. The zero-order valence-electron chi connectivity index (χ0n) is 11.0. The molecule has 0 spiro atoms. The molecule has 3 heteroatoms. The first-order valence-electron chi connectivity index (χ1n) is 5.85. The maximum atomic E-state index is 5.75. The minimum atomic E-state index is 0.493. The molecule has 16 heavy (non-hydrogen) atoms. The van der Waals surface area contributed by atoms with Crippen molar-refractivity contribution < 1.29 is 0 Å². The molecule has 0 aromatic carbocycles. The van der Waals surface area contributed by atoms with Gasteiger partial charge in [-0.05, 0) is 25.8 Å². The summed E-state index contributed by atoms with van der Waals surface area (Å²) in [5, 5.41) is 0. The Morgan fingerprint density at radius 2 is 2.00 bits per heavy atom. The Kier molecular flexibility index (Phi) is 4.30. The topological polar surface area (TPSA) is 42.1 Å². The Labute approximate surface area is 98.7 Å². The Balaban J connectivity index is 3.05. The molecule has 0 aliphatic carbocycles. The van der Waals surface area contributed by atoms with Gasteiger partial charge in [-0.1, -0.05) is 13.8 Å². The maximum Gasteiger partial charge on any atom is 0.0445 e. The van der Waals surface area contributed by atoms with Gasteiger partial charge in [-0.2, -0.15) is 0 Å². The van der Waals surface area contributed by atoms with Crippen molar-refractivity contribution in [2.24, 2.45) is 11.7 Å². The third-order valence-electron chi connectivity index (χ3n) is 3.27. The summed E-state index contributed by atoms with van der Waals surface area (Å²) in [6, 6.07) is 2.60. The van der Waals surface area contributed by atoms with Gasteiger partial charge < -0.3 is 10.6 Å². The summed E-state index contributed by atoms with van der Waals surface area (Å²) >= 11 is 0. The highest BCUT2D eigenvalue weighted by Gasteiger charge is 2.16. The zero-order chi connectivity index (χ0) is 12.3. The van der Waals surface area contributed by atoms with Crippen LogP contribution in [-0.2, 0) is 6.54 Å². The quantitative estimate of drug-likeness (QED) is 0.848. The summed E-state index contributed by atoms with van der Waals surface area (Å²) in [5.41, 5.74) is 9.10. The SMILES string of the molecule is Cc1cc(N(C)C(C)C(C)C)c(CN)cn1. The van der Waals surface area contributed by atoms with Gasteiger partial charge in [0.05, 0.1) is 0 Å². The summed E-state index contributed by atoms with van der Waals surface area (Å²) in [6.45, 7) is 9.25. The van der Waals surface area contributed by atoms with Gasteiger partial charge in [0.15, 0.2) is 0 Å². The van der Waals surface area contributed by atoms with Crippen LogP contribution in [0.3, 0.4) is 0 Å². The monoisotopic (exact) mass is 221 g/mol. The molecule has 1 aromatic rings. The molecule has 1 heterocycles. The van der Waals surface area contributed by atoms with Crippen molar-refractivity contribution in [1.82, 2.24) is 4.98 Å². The highest BCUT2D eigenvalue weighted by Crippen LogP contribution is 2.23. The number of aromatic nitrogens is 1. The number of anilines is 1. The van der Waals surface area contributed by atoms with Gasteiger partial charge in [-0.3, -0.25) is 4.98 Å². The van der Waals surface area contributed by atoms with Crippen molar-refractivity contribution in [1.29, 1.82) is 0 Å². The van der Waals surface area contributed by atoms with Crippen LogP contribution in [0.5, 0.6) is 0 Å². The van der Waals surface area contributed by atoms with Crippen molar-refractivity contribution in [2.75, 3.05) is 11.9 Å². The van der Waals surface area contributed by atoms with E-state index in [-0.39, 0.29) is 0 Å². The molecule has 0 radical (unpaired) electrons. The van der Waals surface area contributed by atoms with Gasteiger partial charge in [0.25, 0.3) is 0 Å². The molecule has 1 unspecified atom stereocenters. The Morgan fingerprint density at radius 1 is 1.38 bits per heavy atom. The molecule has 0 aliphatic heterocycles. The van der Waals surface area contributed by atoms with Crippen LogP contribution in [0.15, 0.2) is 12.3 Å². The summed E-state index contributed by atoms with van der Waals surface area (Å²) in [7, 11) is 2.12. The van der Waals surface area contributed by atoms with Crippen molar-refractivity contribution in [3.63, 3.8) is 0 Å². The fraction of sp³-hybridized carbons (Fsp3) is 0.615. The molecular weight excluding hydrogens is 198 g/mol. The Morgan fingerprint density at radius 3 is 2.50 bits per heavy atom. The number of pyridine rings is 1. The third kappa shape index (κ3) is 2.73. The van der Waals surface area contributed by atoms with E-state index in [2.05, 4.69) is 43.8 Å². The van der Waals surface area contributed by atoms with E-state index < -0.39 is 0 Å². The van der Waals surface area contributed by atoms with E-state index in [9.17, 15) is 0 Å². The molecule has 2 N–H and O–H groups in total. The lowest BCUT2D eigenvalue weighted by atomic mass is 10.0. The smallest absolute Gasteiger partial charge is 0.0445 e. The normalized spacial score (nSPS) is 12.9. The zero-order valence-corrected chi connectivity index (χ0v) is 11.0. The second-order valence-corrected chi connectivity index (χ2v) is 4.75. The molecule has 3 nitrogen and oxygen atoms in total. The van der Waals surface area contributed by atoms with Crippen LogP contribution in [0.1, 0.15) is 32.0 Å². The average Bonchev–Trinajstić information content (AvgIpc) is 2.26. The first-order chi connectivity index (χ1) is 7.47. The van der Waals surface area contributed by atoms with E-state index in [4.69, 9.17) is 5.73 Å². The lowest BCUT2D eigenvalue weighted by molar-refractivity contribution is 0.504. The number of nitrogens with two attached hydrogens (primary N) is 1. The van der Waals surface area contributed by atoms with Gasteiger partial charge in [-0.25, -0.2) is 0 Å². The molecule has 90 valence electrons. The van der Waals surface area contributed by atoms with Crippen molar-refractivity contribution in [3.8, 4) is 0 Å². The van der Waals surface area contributed by atoms with Gasteiger partial charge in [0.2, 0.25) is 0 Å². The molecule has 1 rings (SSSR count). The lowest BCUT2D eigenvalue weighted by Gasteiger charge is -2.31. The van der Waals surface area contributed by atoms with E-state index in [1.807, 2.05) is 13.1 Å². The van der Waals surface area contributed by atoms with Gasteiger partial charge in [-0.15, -0.1) is 0 Å². The molecule has 0 fully saturated rings. The fourth-order valence-electron chi connectivity index (χ4n) is 1.73. The first kappa shape index (κ1) is 13.0. The van der Waals surface area contributed by atoms with Gasteiger partial charge >= 0.3 is 0 Å². The molecule has 0 aliphatic rings. The fourth-order valence-corrected chi connectivity index (χ4v) is 1.73. The Bertz CT molecular complexity index is 347. The van der Waals surface area contributed by atoms with Crippen LogP contribution in [0, 0.1) is 12.8 Å². The lowest BCUT2D eigenvalue weighted by Crippen LogP contribution is -2.34. The Hall–Kier alpha value is -1.09. The van der Waals surface area contributed by atoms with Crippen LogP contribution < -0.4 is 10.6 Å². The van der Waals surface area contributed by atoms with E-state index in [0.717, 1.165) is 11.3 Å². The third-order valence-corrected chi connectivity index (χ3v) is 3.27. The predicted molar refractivity (Wildman–Crippen MR) is 69.6 cm³/mol. The summed E-state index contributed by atoms with van der Waals surface area (Å²) in [4.78, 5) is 6.58. The van der Waals surface area contributed by atoms with E-state index in [1.54, 1.807) is 0 Å². The van der Waals surface area contributed by atoms with E-state index >= 15 is 0 Å². The molecular formula is C13H23N3. The summed E-state index contributed by atoms with van der Waals surface area (Å²) < 4.78 is 0. The number of hydrogen-bond acceptors (Lipinski definition) is 3. The number of aryl methyl sites for hydroxylation is 1. The second kappa shape index (κ2) is 5.30. The summed E-state index contributed by atoms with van der Waals surface area (Å²) in [6.07, 6.45) is 1.88. The number of rotatable bonds is 4. The first-order valence-corrected chi connectivity index (χ1v) is 5.85. The molecule has 1 aromatic heterocycles. The van der Waals surface area contributed by atoms with Gasteiger partial charge in [0, 0.05) is 42.8 Å². The average molecular weight is 221 g/mol. The predicted octanol–water partition coefficient (Wildman–Crippen LogP) is 2.33. The molecule has 0 saturated heterocycles. The molecule has 0 bridgehead atoms. The molecule has 0 amide bonds. The highest BCUT2D eigenvalue weighted by molar-refractivity contribution is 5.53. The molecule has 1 atom stereocenters. The maximum absolute atomic E-state index is 5.75. The van der Waals surface area contributed by atoms with E-state index in [0.29, 0.717) is 18.5 Å². The van der Waals surface area contributed by atoms with E-state index in [1.165, 1.54) is 5.69 Å². The minimum Gasteiger partial charge on any atom is -0.371 e. The second-order valence-electron chi connectivity index (χ2n) is 4.75. The minimum absolute atomic E-state index is 0.493. The van der Waals surface area contributed by atoms with Crippen LogP contribution in [0.25, 0.3) is 0 Å². The van der Waals surface area contributed by atoms with Crippen molar-refractivity contribution in [3.05, 3.63) is 23.5 Å². The molecule has 0 saturated carbocycles.